The van der Waals surface area contributed by atoms with Crippen molar-refractivity contribution in [3.05, 3.63) is 64.4 Å². The number of rotatable bonds is 5. The minimum Gasteiger partial charge on any atom is -0.481 e. The molecule has 0 aliphatic rings. The SMILES string of the molecule is O=C(O)Cc1ccc(SCc2cc(Cl)ccc2F)cc1. The molecule has 0 aliphatic heterocycles. The maximum atomic E-state index is 13.5. The first-order chi connectivity index (χ1) is 9.54. The topological polar surface area (TPSA) is 37.3 Å². The summed E-state index contributed by atoms with van der Waals surface area (Å²) in [5.41, 5.74) is 1.30. The van der Waals surface area contributed by atoms with Crippen molar-refractivity contribution >= 4 is 29.3 Å². The predicted molar refractivity (Wildman–Crippen MR) is 78.8 cm³/mol. The van der Waals surface area contributed by atoms with E-state index < -0.39 is 5.97 Å². The quantitative estimate of drug-likeness (QED) is 0.832. The van der Waals surface area contributed by atoms with E-state index in [2.05, 4.69) is 0 Å². The number of halogens is 2. The Kier molecular flexibility index (Phi) is 5.04. The molecule has 0 saturated carbocycles. The maximum Gasteiger partial charge on any atom is 0.307 e. The largest absolute Gasteiger partial charge is 0.481 e. The van der Waals surface area contributed by atoms with Crippen LogP contribution in [0.5, 0.6) is 0 Å². The number of carboxylic acid groups (broad SMARTS) is 1. The summed E-state index contributed by atoms with van der Waals surface area (Å²) in [6.07, 6.45) is 0.00781. The van der Waals surface area contributed by atoms with Gasteiger partial charge >= 0.3 is 5.97 Å². The first-order valence-electron chi connectivity index (χ1n) is 5.92. The van der Waals surface area contributed by atoms with Gasteiger partial charge in [-0.25, -0.2) is 4.39 Å². The van der Waals surface area contributed by atoms with Crippen molar-refractivity contribution in [1.29, 1.82) is 0 Å². The molecule has 2 rings (SSSR count). The Hall–Kier alpha value is -1.52. The molecule has 2 aromatic rings. The zero-order chi connectivity index (χ0) is 14.5. The van der Waals surface area contributed by atoms with Gasteiger partial charge in [0.1, 0.15) is 5.82 Å². The van der Waals surface area contributed by atoms with Crippen LogP contribution >= 0.6 is 23.4 Å². The molecule has 0 fully saturated rings. The van der Waals surface area contributed by atoms with Crippen molar-refractivity contribution in [2.45, 2.75) is 17.1 Å². The molecule has 2 nitrogen and oxygen atoms in total. The molecule has 20 heavy (non-hydrogen) atoms. The second kappa shape index (κ2) is 6.77. The summed E-state index contributed by atoms with van der Waals surface area (Å²) in [7, 11) is 0. The molecule has 0 amide bonds. The van der Waals surface area contributed by atoms with Crippen molar-refractivity contribution in [2.24, 2.45) is 0 Å². The highest BCUT2D eigenvalue weighted by Gasteiger charge is 2.05. The molecule has 0 aromatic heterocycles. The fourth-order valence-corrected chi connectivity index (χ4v) is 2.76. The molecule has 0 spiro atoms. The minimum absolute atomic E-state index is 0.00781. The average Bonchev–Trinajstić information content (AvgIpc) is 2.41. The van der Waals surface area contributed by atoms with Crippen LogP contribution in [0.15, 0.2) is 47.4 Å². The number of carboxylic acids is 1. The Balaban J connectivity index is 2.00. The van der Waals surface area contributed by atoms with Gasteiger partial charge < -0.3 is 5.11 Å². The lowest BCUT2D eigenvalue weighted by Crippen LogP contribution is -1.99. The van der Waals surface area contributed by atoms with E-state index in [0.29, 0.717) is 16.3 Å². The fraction of sp³-hybridized carbons (Fsp3) is 0.133. The molecule has 0 heterocycles. The number of aliphatic carboxylic acids is 1. The van der Waals surface area contributed by atoms with Gasteiger partial charge in [0, 0.05) is 15.7 Å². The van der Waals surface area contributed by atoms with E-state index in [-0.39, 0.29) is 12.2 Å². The molecule has 0 atom stereocenters. The van der Waals surface area contributed by atoms with Crippen LogP contribution in [0, 0.1) is 5.82 Å². The lowest BCUT2D eigenvalue weighted by molar-refractivity contribution is -0.136. The van der Waals surface area contributed by atoms with Crippen LogP contribution < -0.4 is 0 Å². The van der Waals surface area contributed by atoms with E-state index in [0.717, 1.165) is 10.5 Å². The Morgan fingerprint density at radius 2 is 1.90 bits per heavy atom. The van der Waals surface area contributed by atoms with Crippen LogP contribution in [0.4, 0.5) is 4.39 Å². The van der Waals surface area contributed by atoms with Crippen LogP contribution in [-0.4, -0.2) is 11.1 Å². The molecular formula is C15H12ClFO2S. The summed E-state index contributed by atoms with van der Waals surface area (Å²) in [5, 5.41) is 9.20. The van der Waals surface area contributed by atoms with E-state index >= 15 is 0 Å². The van der Waals surface area contributed by atoms with E-state index in [9.17, 15) is 9.18 Å². The fourth-order valence-electron chi connectivity index (χ4n) is 1.69. The van der Waals surface area contributed by atoms with Crippen LogP contribution in [0.3, 0.4) is 0 Å². The highest BCUT2D eigenvalue weighted by atomic mass is 35.5. The number of carbonyl (C=O) groups is 1. The van der Waals surface area contributed by atoms with Gasteiger partial charge in [-0.2, -0.15) is 0 Å². The van der Waals surface area contributed by atoms with Gasteiger partial charge in [0.05, 0.1) is 6.42 Å². The third-order valence-electron chi connectivity index (χ3n) is 2.68. The average molecular weight is 311 g/mol. The maximum absolute atomic E-state index is 13.5. The summed E-state index contributed by atoms with van der Waals surface area (Å²) < 4.78 is 13.5. The number of hydrogen-bond donors (Lipinski definition) is 1. The van der Waals surface area contributed by atoms with Crippen molar-refractivity contribution in [3.63, 3.8) is 0 Å². The third-order valence-corrected chi connectivity index (χ3v) is 3.98. The Labute approximate surface area is 125 Å². The normalized spacial score (nSPS) is 10.5. The minimum atomic E-state index is -0.855. The van der Waals surface area contributed by atoms with Gasteiger partial charge in [-0.1, -0.05) is 23.7 Å². The standard InChI is InChI=1S/C15H12ClFO2S/c16-12-3-6-14(17)11(8-12)9-20-13-4-1-10(2-5-13)7-15(18)19/h1-6,8H,7,9H2,(H,18,19). The van der Waals surface area contributed by atoms with E-state index in [4.69, 9.17) is 16.7 Å². The molecule has 1 N–H and O–H groups in total. The zero-order valence-electron chi connectivity index (χ0n) is 10.5. The molecule has 2 aromatic carbocycles. The highest BCUT2D eigenvalue weighted by molar-refractivity contribution is 7.98. The molecule has 5 heteroatoms. The first-order valence-corrected chi connectivity index (χ1v) is 7.28. The van der Waals surface area contributed by atoms with Gasteiger partial charge in [-0.3, -0.25) is 4.79 Å². The van der Waals surface area contributed by atoms with E-state index in [1.165, 1.54) is 23.9 Å². The van der Waals surface area contributed by atoms with Gasteiger partial charge in [-0.15, -0.1) is 11.8 Å². The van der Waals surface area contributed by atoms with Crippen molar-refractivity contribution in [2.75, 3.05) is 0 Å². The molecule has 0 bridgehead atoms. The van der Waals surface area contributed by atoms with Crippen LogP contribution in [-0.2, 0) is 17.0 Å². The second-order valence-electron chi connectivity index (χ2n) is 4.24. The van der Waals surface area contributed by atoms with Gasteiger partial charge in [0.25, 0.3) is 0 Å². The Bertz CT molecular complexity index is 614. The Morgan fingerprint density at radius 3 is 2.55 bits per heavy atom. The summed E-state index contributed by atoms with van der Waals surface area (Å²) in [6, 6.07) is 11.7. The number of thioether (sulfide) groups is 1. The van der Waals surface area contributed by atoms with Crippen molar-refractivity contribution < 1.29 is 14.3 Å². The van der Waals surface area contributed by atoms with E-state index in [1.807, 2.05) is 12.1 Å². The molecule has 0 saturated heterocycles. The zero-order valence-corrected chi connectivity index (χ0v) is 12.0. The van der Waals surface area contributed by atoms with Crippen molar-refractivity contribution in [1.82, 2.24) is 0 Å². The predicted octanol–water partition coefficient (Wildman–Crippen LogP) is 4.40. The highest BCUT2D eigenvalue weighted by Crippen LogP contribution is 2.26. The second-order valence-corrected chi connectivity index (χ2v) is 5.72. The molecule has 104 valence electrons. The molecule has 0 aliphatic carbocycles. The number of hydrogen-bond acceptors (Lipinski definition) is 2. The summed E-state index contributed by atoms with van der Waals surface area (Å²) in [6.45, 7) is 0. The third kappa shape index (κ3) is 4.25. The Morgan fingerprint density at radius 1 is 1.20 bits per heavy atom. The first kappa shape index (κ1) is 14.9. The smallest absolute Gasteiger partial charge is 0.307 e. The lowest BCUT2D eigenvalue weighted by Gasteiger charge is -2.05. The van der Waals surface area contributed by atoms with Crippen molar-refractivity contribution in [3.8, 4) is 0 Å². The summed E-state index contributed by atoms with van der Waals surface area (Å²) >= 11 is 7.31. The van der Waals surface area contributed by atoms with Gasteiger partial charge in [-0.05, 0) is 41.5 Å². The summed E-state index contributed by atoms with van der Waals surface area (Å²) in [4.78, 5) is 11.5. The molecule has 0 unspecified atom stereocenters. The van der Waals surface area contributed by atoms with Gasteiger partial charge in [0.2, 0.25) is 0 Å². The lowest BCUT2D eigenvalue weighted by atomic mass is 10.2. The summed E-state index contributed by atoms with van der Waals surface area (Å²) in [5.74, 6) is -0.652. The number of benzene rings is 2. The van der Waals surface area contributed by atoms with Crippen LogP contribution in [0.25, 0.3) is 0 Å². The van der Waals surface area contributed by atoms with Gasteiger partial charge in [0.15, 0.2) is 0 Å². The van der Waals surface area contributed by atoms with Crippen LogP contribution in [0.1, 0.15) is 11.1 Å². The van der Waals surface area contributed by atoms with Crippen LogP contribution in [0.2, 0.25) is 5.02 Å². The molecule has 0 radical (unpaired) electrons. The molecular weight excluding hydrogens is 299 g/mol. The van der Waals surface area contributed by atoms with E-state index in [1.54, 1.807) is 18.2 Å². The monoisotopic (exact) mass is 310 g/mol.